The molecule has 0 atom stereocenters. The second-order valence-corrected chi connectivity index (χ2v) is 5.03. The maximum Gasteiger partial charge on any atom is 0.253 e. The summed E-state index contributed by atoms with van der Waals surface area (Å²) in [5.41, 5.74) is 3.31. The average Bonchev–Trinajstić information content (AvgIpc) is 2.46. The monoisotopic (exact) mass is 337 g/mol. The van der Waals surface area contributed by atoms with Gasteiger partial charge in [0, 0.05) is 11.0 Å². The van der Waals surface area contributed by atoms with Crippen LogP contribution in [0.5, 0.6) is 0 Å². The summed E-state index contributed by atoms with van der Waals surface area (Å²) >= 11 is 3.34. The first-order chi connectivity index (χ1) is 9.61. The van der Waals surface area contributed by atoms with Gasteiger partial charge in [0.15, 0.2) is 0 Å². The molecule has 6 heteroatoms. The zero-order valence-corrected chi connectivity index (χ0v) is 12.1. The number of hydrazine groups is 1. The lowest BCUT2D eigenvalue weighted by Crippen LogP contribution is -2.25. The van der Waals surface area contributed by atoms with Crippen molar-refractivity contribution in [2.75, 3.05) is 5.43 Å². The van der Waals surface area contributed by atoms with E-state index in [4.69, 9.17) is 5.84 Å². The lowest BCUT2D eigenvalue weighted by molar-refractivity contribution is 0.0951. The molecule has 0 bridgehead atoms. The van der Waals surface area contributed by atoms with Gasteiger partial charge in [-0.15, -0.1) is 0 Å². The fourth-order valence-corrected chi connectivity index (χ4v) is 2.00. The van der Waals surface area contributed by atoms with E-state index < -0.39 is 5.82 Å². The normalized spacial score (nSPS) is 10.2. The molecule has 4 nitrogen and oxygen atoms in total. The summed E-state index contributed by atoms with van der Waals surface area (Å²) in [6.45, 7) is 0.354. The van der Waals surface area contributed by atoms with E-state index in [0.717, 1.165) is 10.0 Å². The number of para-hydroxylation sites is 1. The SMILES string of the molecule is NNc1c(F)cccc1C(=O)NCc1ccc(Br)cc1. The van der Waals surface area contributed by atoms with Gasteiger partial charge >= 0.3 is 0 Å². The molecule has 20 heavy (non-hydrogen) atoms. The van der Waals surface area contributed by atoms with Crippen LogP contribution in [0.25, 0.3) is 0 Å². The van der Waals surface area contributed by atoms with Crippen molar-refractivity contribution in [3.8, 4) is 0 Å². The third-order valence-corrected chi connectivity index (χ3v) is 3.30. The van der Waals surface area contributed by atoms with Gasteiger partial charge in [0.25, 0.3) is 5.91 Å². The van der Waals surface area contributed by atoms with Crippen LogP contribution in [0, 0.1) is 5.82 Å². The first kappa shape index (κ1) is 14.5. The van der Waals surface area contributed by atoms with Crippen molar-refractivity contribution < 1.29 is 9.18 Å². The largest absolute Gasteiger partial charge is 0.348 e. The van der Waals surface area contributed by atoms with E-state index in [-0.39, 0.29) is 17.2 Å². The van der Waals surface area contributed by atoms with E-state index >= 15 is 0 Å². The molecule has 0 aliphatic carbocycles. The Morgan fingerprint density at radius 1 is 1.20 bits per heavy atom. The minimum absolute atomic E-state index is 0.0131. The van der Waals surface area contributed by atoms with Crippen LogP contribution in [0.3, 0.4) is 0 Å². The van der Waals surface area contributed by atoms with Gasteiger partial charge in [0.05, 0.1) is 11.3 Å². The van der Waals surface area contributed by atoms with Gasteiger partial charge in [0.2, 0.25) is 0 Å². The highest BCUT2D eigenvalue weighted by molar-refractivity contribution is 9.10. The molecule has 0 aliphatic heterocycles. The topological polar surface area (TPSA) is 67.1 Å². The molecule has 0 radical (unpaired) electrons. The van der Waals surface area contributed by atoms with E-state index in [1.165, 1.54) is 18.2 Å². The summed E-state index contributed by atoms with van der Waals surface area (Å²) in [7, 11) is 0. The van der Waals surface area contributed by atoms with Crippen molar-refractivity contribution in [3.05, 3.63) is 63.9 Å². The number of rotatable bonds is 4. The van der Waals surface area contributed by atoms with Gasteiger partial charge in [-0.25, -0.2) is 4.39 Å². The number of carbonyl (C=O) groups is 1. The Labute approximate surface area is 124 Å². The highest BCUT2D eigenvalue weighted by Crippen LogP contribution is 2.18. The van der Waals surface area contributed by atoms with Crippen LogP contribution in [0.15, 0.2) is 46.9 Å². The maximum absolute atomic E-state index is 13.5. The predicted octanol–water partition coefficient (Wildman–Crippen LogP) is 2.80. The zero-order valence-electron chi connectivity index (χ0n) is 10.5. The zero-order chi connectivity index (χ0) is 14.5. The summed E-state index contributed by atoms with van der Waals surface area (Å²) in [5, 5.41) is 2.72. The standard InChI is InChI=1S/C14H13BrFN3O/c15-10-6-4-9(5-7-10)8-18-14(20)11-2-1-3-12(16)13(11)19-17/h1-7,19H,8,17H2,(H,18,20). The predicted molar refractivity (Wildman–Crippen MR) is 79.5 cm³/mol. The van der Waals surface area contributed by atoms with Crippen LogP contribution < -0.4 is 16.6 Å². The number of hydrogen-bond donors (Lipinski definition) is 3. The van der Waals surface area contributed by atoms with Crippen LogP contribution >= 0.6 is 15.9 Å². The molecule has 2 aromatic carbocycles. The van der Waals surface area contributed by atoms with E-state index in [0.29, 0.717) is 6.54 Å². The Hall–Kier alpha value is -1.92. The van der Waals surface area contributed by atoms with E-state index in [1.807, 2.05) is 24.3 Å². The third-order valence-electron chi connectivity index (χ3n) is 2.77. The second-order valence-electron chi connectivity index (χ2n) is 4.12. The van der Waals surface area contributed by atoms with Crippen LogP contribution in [-0.2, 0) is 6.54 Å². The molecule has 0 heterocycles. The van der Waals surface area contributed by atoms with E-state index in [9.17, 15) is 9.18 Å². The second kappa shape index (κ2) is 6.49. The van der Waals surface area contributed by atoms with Gasteiger partial charge in [-0.2, -0.15) is 0 Å². The smallest absolute Gasteiger partial charge is 0.253 e. The fourth-order valence-electron chi connectivity index (χ4n) is 1.74. The number of nitrogens with two attached hydrogens (primary N) is 1. The van der Waals surface area contributed by atoms with Gasteiger partial charge in [-0.3, -0.25) is 10.6 Å². The van der Waals surface area contributed by atoms with Crippen molar-refractivity contribution in [2.45, 2.75) is 6.54 Å². The number of carbonyl (C=O) groups excluding carboxylic acids is 1. The molecule has 4 N–H and O–H groups in total. The number of anilines is 1. The van der Waals surface area contributed by atoms with E-state index in [1.54, 1.807) is 0 Å². The summed E-state index contributed by atoms with van der Waals surface area (Å²) < 4.78 is 14.5. The quantitative estimate of drug-likeness (QED) is 0.593. The number of nitrogens with one attached hydrogen (secondary N) is 2. The molecule has 104 valence electrons. The molecule has 2 rings (SSSR count). The number of halogens is 2. The number of hydrogen-bond acceptors (Lipinski definition) is 3. The molecule has 0 fully saturated rings. The van der Waals surface area contributed by atoms with Gasteiger partial charge in [-0.05, 0) is 29.8 Å². The molecule has 2 aromatic rings. The molecular formula is C14H13BrFN3O. The van der Waals surface area contributed by atoms with Gasteiger partial charge in [-0.1, -0.05) is 34.1 Å². The van der Waals surface area contributed by atoms with Crippen LogP contribution in [0.1, 0.15) is 15.9 Å². The highest BCUT2D eigenvalue weighted by Gasteiger charge is 2.13. The Morgan fingerprint density at radius 3 is 2.55 bits per heavy atom. The minimum Gasteiger partial charge on any atom is -0.348 e. The summed E-state index contributed by atoms with van der Waals surface area (Å²) in [6, 6.07) is 11.8. The van der Waals surface area contributed by atoms with Gasteiger partial charge in [0.1, 0.15) is 5.82 Å². The highest BCUT2D eigenvalue weighted by atomic mass is 79.9. The van der Waals surface area contributed by atoms with E-state index in [2.05, 4.69) is 26.7 Å². The molecule has 0 saturated carbocycles. The first-order valence-electron chi connectivity index (χ1n) is 5.89. The molecule has 1 amide bonds. The Morgan fingerprint density at radius 2 is 1.90 bits per heavy atom. The molecular weight excluding hydrogens is 325 g/mol. The summed E-state index contributed by atoms with van der Waals surface area (Å²) in [6.07, 6.45) is 0. The number of amides is 1. The van der Waals surface area contributed by atoms with Crippen molar-refractivity contribution in [2.24, 2.45) is 5.84 Å². The molecule has 0 aromatic heterocycles. The minimum atomic E-state index is -0.566. The third kappa shape index (κ3) is 3.34. The van der Waals surface area contributed by atoms with Crippen molar-refractivity contribution >= 4 is 27.5 Å². The van der Waals surface area contributed by atoms with Gasteiger partial charge < -0.3 is 10.7 Å². The Kier molecular flexibility index (Phi) is 4.70. The van der Waals surface area contributed by atoms with Crippen LogP contribution in [-0.4, -0.2) is 5.91 Å². The Balaban J connectivity index is 2.09. The lowest BCUT2D eigenvalue weighted by atomic mass is 10.1. The van der Waals surface area contributed by atoms with Crippen molar-refractivity contribution in [1.29, 1.82) is 0 Å². The average molecular weight is 338 g/mol. The van der Waals surface area contributed by atoms with Crippen molar-refractivity contribution in [1.82, 2.24) is 5.32 Å². The molecule has 0 spiro atoms. The number of nitrogen functional groups attached to an aromatic ring is 1. The fraction of sp³-hybridized carbons (Fsp3) is 0.0714. The van der Waals surface area contributed by atoms with Crippen molar-refractivity contribution in [3.63, 3.8) is 0 Å². The molecule has 0 unspecified atom stereocenters. The number of benzene rings is 2. The molecule has 0 aliphatic rings. The first-order valence-corrected chi connectivity index (χ1v) is 6.69. The summed E-state index contributed by atoms with van der Waals surface area (Å²) in [4.78, 5) is 12.0. The van der Waals surface area contributed by atoms with Crippen LogP contribution in [0.4, 0.5) is 10.1 Å². The Bertz CT molecular complexity index is 616. The summed E-state index contributed by atoms with van der Waals surface area (Å²) in [5.74, 6) is 4.28. The van der Waals surface area contributed by atoms with Crippen LogP contribution in [0.2, 0.25) is 0 Å². The lowest BCUT2D eigenvalue weighted by Gasteiger charge is -2.10. The maximum atomic E-state index is 13.5. The molecule has 0 saturated heterocycles.